The van der Waals surface area contributed by atoms with Crippen LogP contribution in [0.2, 0.25) is 0 Å². The van der Waals surface area contributed by atoms with E-state index in [9.17, 15) is 5.11 Å². The fourth-order valence-electron chi connectivity index (χ4n) is 6.40. The SMILES string of the molecule is CCCCCCCCCCCCc1ccc(O)c(CCCCCCCCC)c1CCCCCCCCCCCC. The normalized spacial score (nSPS) is 11.5. The number of benzene rings is 1. The molecule has 0 aliphatic carbocycles. The van der Waals surface area contributed by atoms with Gasteiger partial charge in [-0.1, -0.05) is 181 Å². The van der Waals surface area contributed by atoms with E-state index in [1.165, 1.54) is 197 Å². The second-order valence-corrected chi connectivity index (χ2v) is 12.9. The van der Waals surface area contributed by atoms with Crippen LogP contribution in [0.3, 0.4) is 0 Å². The van der Waals surface area contributed by atoms with E-state index in [1.807, 2.05) is 6.07 Å². The third-order valence-corrected chi connectivity index (χ3v) is 9.11. The third kappa shape index (κ3) is 20.0. The predicted molar refractivity (Wildman–Crippen MR) is 181 cm³/mol. The molecule has 40 heavy (non-hydrogen) atoms. The Morgan fingerprint density at radius 1 is 0.350 bits per heavy atom. The average Bonchev–Trinajstić information content (AvgIpc) is 2.96. The lowest BCUT2D eigenvalue weighted by Gasteiger charge is -2.17. The smallest absolute Gasteiger partial charge is 0.119 e. The highest BCUT2D eigenvalue weighted by Crippen LogP contribution is 2.30. The molecule has 0 heterocycles. The number of hydrogen-bond donors (Lipinski definition) is 1. The van der Waals surface area contributed by atoms with E-state index in [1.54, 1.807) is 5.56 Å². The fraction of sp³-hybridized carbons (Fsp3) is 0.846. The minimum atomic E-state index is 0.569. The van der Waals surface area contributed by atoms with E-state index in [0.29, 0.717) is 5.75 Å². The zero-order chi connectivity index (χ0) is 28.9. The Morgan fingerprint density at radius 3 is 1.02 bits per heavy atom. The van der Waals surface area contributed by atoms with Gasteiger partial charge in [-0.2, -0.15) is 0 Å². The van der Waals surface area contributed by atoms with Crippen LogP contribution >= 0.6 is 0 Å². The van der Waals surface area contributed by atoms with Gasteiger partial charge in [-0.3, -0.25) is 0 Å². The lowest BCUT2D eigenvalue weighted by molar-refractivity contribution is 0.463. The van der Waals surface area contributed by atoms with Gasteiger partial charge in [-0.05, 0) is 61.3 Å². The Hall–Kier alpha value is -0.980. The van der Waals surface area contributed by atoms with E-state index in [-0.39, 0.29) is 0 Å². The standard InChI is InChI=1S/C39H72O/c1-4-7-10-13-16-18-20-23-25-28-31-36-34-35-39(40)38(33-30-27-22-15-12-9-6-3)37(36)32-29-26-24-21-19-17-14-11-8-5-2/h34-35,40H,4-33H2,1-3H3. The van der Waals surface area contributed by atoms with Crippen LogP contribution in [-0.2, 0) is 19.3 Å². The van der Waals surface area contributed by atoms with Crippen molar-refractivity contribution in [2.75, 3.05) is 0 Å². The Labute approximate surface area is 252 Å². The van der Waals surface area contributed by atoms with Gasteiger partial charge in [0.25, 0.3) is 0 Å². The molecule has 0 atom stereocenters. The number of phenols is 1. The number of hydrogen-bond acceptors (Lipinski definition) is 1. The van der Waals surface area contributed by atoms with Crippen molar-refractivity contribution in [2.24, 2.45) is 0 Å². The molecule has 0 aliphatic heterocycles. The summed E-state index contributed by atoms with van der Waals surface area (Å²) in [5.74, 6) is 0.569. The first kappa shape index (κ1) is 37.0. The van der Waals surface area contributed by atoms with Crippen molar-refractivity contribution in [1.29, 1.82) is 0 Å². The summed E-state index contributed by atoms with van der Waals surface area (Å²) in [6.45, 7) is 6.89. The van der Waals surface area contributed by atoms with Crippen LogP contribution in [0.5, 0.6) is 5.75 Å². The third-order valence-electron chi connectivity index (χ3n) is 9.11. The summed E-state index contributed by atoms with van der Waals surface area (Å²) < 4.78 is 0. The Kier molecular flexibility index (Phi) is 26.1. The molecule has 0 spiro atoms. The van der Waals surface area contributed by atoms with E-state index in [4.69, 9.17) is 0 Å². The summed E-state index contributed by atoms with van der Waals surface area (Å²) in [6.07, 6.45) is 40.6. The molecule has 0 fully saturated rings. The van der Waals surface area contributed by atoms with Gasteiger partial charge in [-0.15, -0.1) is 0 Å². The number of phenolic OH excluding ortho intramolecular Hbond substituents is 1. The van der Waals surface area contributed by atoms with Crippen LogP contribution in [0.25, 0.3) is 0 Å². The Balaban J connectivity index is 2.51. The molecule has 0 amide bonds. The molecule has 1 rings (SSSR count). The quantitative estimate of drug-likeness (QED) is 0.0934. The minimum absolute atomic E-state index is 0.569. The summed E-state index contributed by atoms with van der Waals surface area (Å²) in [6, 6.07) is 4.28. The maximum atomic E-state index is 10.9. The molecule has 1 nitrogen and oxygen atoms in total. The van der Waals surface area contributed by atoms with Crippen molar-refractivity contribution in [2.45, 2.75) is 213 Å². The summed E-state index contributed by atoms with van der Waals surface area (Å²) in [5.41, 5.74) is 4.38. The summed E-state index contributed by atoms with van der Waals surface area (Å²) in [7, 11) is 0. The van der Waals surface area contributed by atoms with Crippen molar-refractivity contribution in [3.05, 3.63) is 28.8 Å². The van der Waals surface area contributed by atoms with Gasteiger partial charge in [0.2, 0.25) is 0 Å². The van der Waals surface area contributed by atoms with Crippen LogP contribution in [0.4, 0.5) is 0 Å². The number of rotatable bonds is 30. The zero-order valence-corrected chi connectivity index (χ0v) is 27.8. The molecule has 0 saturated heterocycles. The molecular weight excluding hydrogens is 484 g/mol. The van der Waals surface area contributed by atoms with Crippen LogP contribution in [-0.4, -0.2) is 5.11 Å². The van der Waals surface area contributed by atoms with E-state index in [2.05, 4.69) is 26.8 Å². The van der Waals surface area contributed by atoms with Gasteiger partial charge in [0.1, 0.15) is 5.75 Å². The second kappa shape index (κ2) is 28.2. The van der Waals surface area contributed by atoms with Crippen molar-refractivity contribution in [1.82, 2.24) is 0 Å². The second-order valence-electron chi connectivity index (χ2n) is 12.9. The number of aromatic hydroxyl groups is 1. The van der Waals surface area contributed by atoms with Gasteiger partial charge in [0.05, 0.1) is 0 Å². The van der Waals surface area contributed by atoms with E-state index >= 15 is 0 Å². The maximum absolute atomic E-state index is 10.9. The summed E-state index contributed by atoms with van der Waals surface area (Å²) >= 11 is 0. The first-order valence-electron chi connectivity index (χ1n) is 18.6. The summed E-state index contributed by atoms with van der Waals surface area (Å²) in [4.78, 5) is 0. The number of aryl methyl sites for hydroxylation is 1. The van der Waals surface area contributed by atoms with Crippen LogP contribution in [0, 0.1) is 0 Å². The zero-order valence-electron chi connectivity index (χ0n) is 27.8. The highest BCUT2D eigenvalue weighted by atomic mass is 16.3. The van der Waals surface area contributed by atoms with Crippen molar-refractivity contribution < 1.29 is 5.11 Å². The van der Waals surface area contributed by atoms with Gasteiger partial charge < -0.3 is 5.11 Å². The van der Waals surface area contributed by atoms with Crippen molar-refractivity contribution in [3.8, 4) is 5.75 Å². The molecule has 0 unspecified atom stereocenters. The van der Waals surface area contributed by atoms with Gasteiger partial charge >= 0.3 is 0 Å². The molecule has 1 N–H and O–H groups in total. The topological polar surface area (TPSA) is 20.2 Å². The monoisotopic (exact) mass is 557 g/mol. The van der Waals surface area contributed by atoms with E-state index < -0.39 is 0 Å². The molecular formula is C39H72O. The molecule has 0 bridgehead atoms. The predicted octanol–water partition coefficient (Wildman–Crippen LogP) is 13.6. The van der Waals surface area contributed by atoms with Crippen LogP contribution in [0.1, 0.15) is 211 Å². The van der Waals surface area contributed by atoms with Crippen molar-refractivity contribution >= 4 is 0 Å². The van der Waals surface area contributed by atoms with Crippen molar-refractivity contribution in [3.63, 3.8) is 0 Å². The first-order valence-corrected chi connectivity index (χ1v) is 18.6. The highest BCUT2D eigenvalue weighted by Gasteiger charge is 2.13. The Bertz CT molecular complexity index is 663. The average molecular weight is 557 g/mol. The summed E-state index contributed by atoms with van der Waals surface area (Å²) in [5, 5.41) is 10.9. The molecule has 234 valence electrons. The largest absolute Gasteiger partial charge is 0.508 e. The van der Waals surface area contributed by atoms with E-state index in [0.717, 1.165) is 6.42 Å². The lowest BCUT2D eigenvalue weighted by Crippen LogP contribution is -2.03. The molecule has 0 saturated carbocycles. The van der Waals surface area contributed by atoms with Gasteiger partial charge in [0.15, 0.2) is 0 Å². The molecule has 1 heteroatoms. The Morgan fingerprint density at radius 2 is 0.650 bits per heavy atom. The minimum Gasteiger partial charge on any atom is -0.508 e. The molecule has 1 aromatic rings. The van der Waals surface area contributed by atoms with Crippen LogP contribution in [0.15, 0.2) is 12.1 Å². The van der Waals surface area contributed by atoms with Gasteiger partial charge in [-0.25, -0.2) is 0 Å². The fourth-order valence-corrected chi connectivity index (χ4v) is 6.40. The lowest BCUT2D eigenvalue weighted by atomic mass is 9.89. The van der Waals surface area contributed by atoms with Gasteiger partial charge in [0, 0.05) is 0 Å². The molecule has 0 aromatic heterocycles. The molecule has 1 aromatic carbocycles. The maximum Gasteiger partial charge on any atom is 0.119 e. The number of unbranched alkanes of at least 4 members (excludes halogenated alkanes) is 24. The highest BCUT2D eigenvalue weighted by molar-refractivity contribution is 5.45. The molecule has 0 aliphatic rings. The first-order chi connectivity index (χ1) is 19.7. The van der Waals surface area contributed by atoms with Crippen LogP contribution < -0.4 is 0 Å². The molecule has 0 radical (unpaired) electrons.